The zero-order chi connectivity index (χ0) is 53.0. The van der Waals surface area contributed by atoms with Crippen molar-refractivity contribution in [3.05, 3.63) is 250 Å². The van der Waals surface area contributed by atoms with E-state index >= 15 is 0 Å². The Balaban J connectivity index is 1.10. The second kappa shape index (κ2) is 27.7. The summed E-state index contributed by atoms with van der Waals surface area (Å²) in [5, 5.41) is 44.3. The maximum atomic E-state index is 14.8. The Bertz CT molecular complexity index is 2680. The highest BCUT2D eigenvalue weighted by Gasteiger charge is 2.40. The second-order valence-corrected chi connectivity index (χ2v) is 22.0. The van der Waals surface area contributed by atoms with Crippen molar-refractivity contribution in [1.82, 2.24) is 16.0 Å². The van der Waals surface area contributed by atoms with Gasteiger partial charge in [-0.3, -0.25) is 19.2 Å². The Morgan fingerprint density at radius 1 is 0.560 bits per heavy atom. The molecule has 0 aliphatic rings. The first kappa shape index (κ1) is 56.0. The molecule has 3 amide bonds. The van der Waals surface area contributed by atoms with Gasteiger partial charge in [-0.2, -0.15) is 11.3 Å². The number of amides is 3. The maximum absolute atomic E-state index is 14.8. The van der Waals surface area contributed by atoms with E-state index in [2.05, 4.69) is 88.7 Å². The minimum atomic E-state index is -1.41. The Morgan fingerprint density at radius 2 is 0.987 bits per heavy atom. The van der Waals surface area contributed by atoms with Crippen LogP contribution in [0.1, 0.15) is 72.1 Å². The number of carboxylic acid groups (broad SMARTS) is 1. The summed E-state index contributed by atoms with van der Waals surface area (Å²) in [6.45, 7) is 3.54. The fourth-order valence-corrected chi connectivity index (χ4v) is 13.1. The first-order valence-corrected chi connectivity index (χ1v) is 28.1. The number of hydrogen-bond donors (Lipinski definition) is 6. The van der Waals surface area contributed by atoms with Crippen LogP contribution in [-0.4, -0.2) is 80.8 Å². The third-order valence-corrected chi connectivity index (χ3v) is 17.0. The number of aliphatic hydroxyl groups is 2. The molecule has 1 heterocycles. The summed E-state index contributed by atoms with van der Waals surface area (Å²) in [7, 11) is 0. The number of thioether (sulfide) groups is 2. The van der Waals surface area contributed by atoms with Gasteiger partial charge in [-0.05, 0) is 73.9 Å². The van der Waals surface area contributed by atoms with Crippen molar-refractivity contribution in [2.75, 3.05) is 11.5 Å². The Kier molecular flexibility index (Phi) is 20.7. The van der Waals surface area contributed by atoms with E-state index in [4.69, 9.17) is 0 Å². The van der Waals surface area contributed by atoms with Crippen LogP contribution in [-0.2, 0) is 35.1 Å². The minimum absolute atomic E-state index is 0.0141. The molecule has 5 atom stereocenters. The molecule has 0 bridgehead atoms. The summed E-state index contributed by atoms with van der Waals surface area (Å²) in [6.07, 6.45) is 0.728. The van der Waals surface area contributed by atoms with Crippen LogP contribution in [0.2, 0.25) is 0 Å². The summed E-state index contributed by atoms with van der Waals surface area (Å²) in [4.78, 5) is 55.1. The lowest BCUT2D eigenvalue weighted by Crippen LogP contribution is -2.58. The third kappa shape index (κ3) is 14.8. The molecule has 75 heavy (non-hydrogen) atoms. The van der Waals surface area contributed by atoms with E-state index in [-0.39, 0.29) is 24.5 Å². The average molecular weight is 1060 g/mol. The molecular formula is C62H65N3O7S3. The van der Waals surface area contributed by atoms with Gasteiger partial charge in [0, 0.05) is 12.2 Å². The van der Waals surface area contributed by atoms with Crippen LogP contribution in [0.5, 0.6) is 0 Å². The maximum Gasteiger partial charge on any atom is 0.306 e. The molecule has 0 saturated heterocycles. The molecule has 0 saturated carbocycles. The highest BCUT2D eigenvalue weighted by molar-refractivity contribution is 8.00. The average Bonchev–Trinajstić information content (AvgIpc) is 3.95. The molecule has 3 unspecified atom stereocenters. The van der Waals surface area contributed by atoms with Gasteiger partial charge in [-0.25, -0.2) is 0 Å². The van der Waals surface area contributed by atoms with Gasteiger partial charge in [-0.15, -0.1) is 23.5 Å². The number of benzene rings is 6. The highest BCUT2D eigenvalue weighted by Crippen LogP contribution is 2.50. The predicted octanol–water partition coefficient (Wildman–Crippen LogP) is 10.4. The zero-order valence-corrected chi connectivity index (χ0v) is 44.6. The van der Waals surface area contributed by atoms with Crippen molar-refractivity contribution < 1.29 is 34.5 Å². The van der Waals surface area contributed by atoms with Gasteiger partial charge in [0.15, 0.2) is 0 Å². The number of thiophene rings is 1. The number of aliphatic hydroxyl groups excluding tert-OH is 2. The van der Waals surface area contributed by atoms with Gasteiger partial charge in [-0.1, -0.05) is 208 Å². The number of nitrogens with one attached hydrogen (secondary N) is 3. The van der Waals surface area contributed by atoms with E-state index in [0.717, 1.165) is 38.9 Å². The highest BCUT2D eigenvalue weighted by atomic mass is 32.2. The number of carbonyl (C=O) groups is 4. The fourth-order valence-electron chi connectivity index (χ4n) is 9.38. The lowest BCUT2D eigenvalue weighted by molar-refractivity contribution is -0.140. The first-order chi connectivity index (χ1) is 36.4. The minimum Gasteiger partial charge on any atom is -0.481 e. The lowest BCUT2D eigenvalue weighted by Gasteiger charge is -2.37. The Morgan fingerprint density at radius 3 is 1.39 bits per heavy atom. The molecular weight excluding hydrogens is 995 g/mol. The third-order valence-electron chi connectivity index (χ3n) is 13.0. The number of hydrogen-bond acceptors (Lipinski definition) is 9. The zero-order valence-electron chi connectivity index (χ0n) is 42.1. The van der Waals surface area contributed by atoms with Crippen LogP contribution >= 0.6 is 34.9 Å². The monoisotopic (exact) mass is 1060 g/mol. The standard InChI is InChI=1S/C62H65N3O7S3/c1-44(2)58(55(67)41-57(69)70)65-60(72)54(43-75-62(49-29-15-6-16-30-49,50-31-17-7-18-32-50)51-33-19-8-20-34-51)64-59(71)53(39-45-36-38-73-42-45)63-56(68)40-52(66)35-21-22-37-74-61(46-23-9-3-10-24-46,47-25-11-4-12-26-47)48-27-13-5-14-28-48/h3-21,23-36,38,42,44,52-55,58,66-67H,22,37,39-41,43H2,1-2H3,(H,63,68)(H,64,71)(H,65,72)(H,69,70)/t52?,53?,54?,55-,58+/m0/s1. The number of allylic oxidation sites excluding steroid dienone is 1. The summed E-state index contributed by atoms with van der Waals surface area (Å²) in [5.41, 5.74) is 7.03. The molecule has 0 aliphatic heterocycles. The molecule has 7 rings (SSSR count). The van der Waals surface area contributed by atoms with Crippen LogP contribution in [0.25, 0.3) is 0 Å². The van der Waals surface area contributed by atoms with E-state index in [9.17, 15) is 34.5 Å². The summed E-state index contributed by atoms with van der Waals surface area (Å²) in [6, 6.07) is 59.5. The van der Waals surface area contributed by atoms with Crippen molar-refractivity contribution in [1.29, 1.82) is 0 Å². The summed E-state index contributed by atoms with van der Waals surface area (Å²) >= 11 is 4.69. The van der Waals surface area contributed by atoms with Gasteiger partial charge < -0.3 is 31.3 Å². The van der Waals surface area contributed by atoms with E-state index in [1.807, 2.05) is 132 Å². The largest absolute Gasteiger partial charge is 0.481 e. The Hall–Kier alpha value is -6.74. The van der Waals surface area contributed by atoms with Gasteiger partial charge in [0.25, 0.3) is 0 Å². The van der Waals surface area contributed by atoms with Crippen molar-refractivity contribution in [2.45, 2.75) is 79.4 Å². The molecule has 6 aromatic carbocycles. The molecule has 388 valence electrons. The fraction of sp³-hybridized carbons (Fsp3) is 0.258. The SMILES string of the molecule is CC(C)[C@@H](NC(=O)C(CSC(c1ccccc1)(c1ccccc1)c1ccccc1)NC(=O)C(Cc1ccsc1)NC(=O)CC(O)C=CCCSC(c1ccccc1)(c1ccccc1)c1ccccc1)[C@@H](O)CC(=O)O. The molecule has 0 spiro atoms. The van der Waals surface area contributed by atoms with E-state index in [0.29, 0.717) is 12.2 Å². The van der Waals surface area contributed by atoms with E-state index in [1.165, 1.54) is 23.1 Å². The number of carboxylic acids is 1. The predicted molar refractivity (Wildman–Crippen MR) is 305 cm³/mol. The van der Waals surface area contributed by atoms with Crippen molar-refractivity contribution >= 4 is 58.6 Å². The molecule has 0 radical (unpaired) electrons. The second-order valence-electron chi connectivity index (χ2n) is 18.7. The van der Waals surface area contributed by atoms with Crippen LogP contribution in [0, 0.1) is 5.92 Å². The molecule has 1 aromatic heterocycles. The molecule has 0 fully saturated rings. The van der Waals surface area contributed by atoms with Gasteiger partial charge in [0.1, 0.15) is 12.1 Å². The molecule has 10 nitrogen and oxygen atoms in total. The number of aliphatic carboxylic acids is 1. The smallest absolute Gasteiger partial charge is 0.306 e. The molecule has 6 N–H and O–H groups in total. The normalized spacial score (nSPS) is 13.8. The summed E-state index contributed by atoms with van der Waals surface area (Å²) < 4.78 is -1.38. The summed E-state index contributed by atoms with van der Waals surface area (Å²) in [5.74, 6) is -2.70. The van der Waals surface area contributed by atoms with Crippen molar-refractivity contribution in [3.63, 3.8) is 0 Å². The van der Waals surface area contributed by atoms with Crippen molar-refractivity contribution in [3.8, 4) is 0 Å². The quantitative estimate of drug-likeness (QED) is 0.0167. The Labute approximate surface area is 453 Å². The van der Waals surface area contributed by atoms with E-state index in [1.54, 1.807) is 31.7 Å². The van der Waals surface area contributed by atoms with E-state index < -0.39 is 69.9 Å². The lowest BCUT2D eigenvalue weighted by atomic mass is 9.84. The van der Waals surface area contributed by atoms with Gasteiger partial charge in [0.05, 0.1) is 40.6 Å². The number of carbonyl (C=O) groups excluding carboxylic acids is 3. The van der Waals surface area contributed by atoms with Gasteiger partial charge in [0.2, 0.25) is 17.7 Å². The van der Waals surface area contributed by atoms with Crippen LogP contribution in [0.15, 0.2) is 211 Å². The molecule has 13 heteroatoms. The number of rotatable bonds is 27. The van der Waals surface area contributed by atoms with Gasteiger partial charge >= 0.3 is 5.97 Å². The van der Waals surface area contributed by atoms with Crippen LogP contribution < -0.4 is 16.0 Å². The molecule has 7 aromatic rings. The molecule has 0 aliphatic carbocycles. The van der Waals surface area contributed by atoms with Crippen LogP contribution in [0.4, 0.5) is 0 Å². The van der Waals surface area contributed by atoms with Crippen molar-refractivity contribution in [2.24, 2.45) is 5.92 Å². The van der Waals surface area contributed by atoms with Crippen LogP contribution in [0.3, 0.4) is 0 Å². The topological polar surface area (TPSA) is 165 Å². The first-order valence-electron chi connectivity index (χ1n) is 25.2.